The van der Waals surface area contributed by atoms with Gasteiger partial charge in [0.1, 0.15) is 17.6 Å². The third-order valence-corrected chi connectivity index (χ3v) is 4.54. The summed E-state index contributed by atoms with van der Waals surface area (Å²) in [5.41, 5.74) is 2.98. The molecule has 0 aliphatic rings. The maximum Gasteiger partial charge on any atom is 0.247 e. The van der Waals surface area contributed by atoms with Gasteiger partial charge in [0.05, 0.1) is 7.11 Å². The number of amides is 1. The molecule has 0 spiro atoms. The Kier molecular flexibility index (Phi) is 6.11. The average Bonchev–Trinajstić information content (AvgIpc) is 3.11. The summed E-state index contributed by atoms with van der Waals surface area (Å²) >= 11 is 0. The van der Waals surface area contributed by atoms with Crippen LogP contribution in [0.5, 0.6) is 5.75 Å². The highest BCUT2D eigenvalue weighted by Gasteiger charge is 2.25. The molecule has 6 nitrogen and oxygen atoms in total. The van der Waals surface area contributed by atoms with Crippen LogP contribution in [-0.4, -0.2) is 18.2 Å². The lowest BCUT2D eigenvalue weighted by Gasteiger charge is -2.24. The van der Waals surface area contributed by atoms with E-state index in [1.165, 1.54) is 0 Å². The summed E-state index contributed by atoms with van der Waals surface area (Å²) in [5, 5.41) is 10.1. The molecule has 3 rings (SSSR count). The number of aromatic nitrogens is 1. The first-order valence-electron chi connectivity index (χ1n) is 9.17. The third-order valence-electron chi connectivity index (χ3n) is 4.54. The van der Waals surface area contributed by atoms with Gasteiger partial charge in [-0.1, -0.05) is 53.2 Å². The Morgan fingerprint density at radius 3 is 2.50 bits per heavy atom. The highest BCUT2D eigenvalue weighted by Crippen LogP contribution is 2.28. The van der Waals surface area contributed by atoms with Gasteiger partial charge in [-0.2, -0.15) is 0 Å². The number of hydrogen-bond acceptors (Lipinski definition) is 5. The zero-order chi connectivity index (χ0) is 20.1. The largest absolute Gasteiger partial charge is 0.496 e. The van der Waals surface area contributed by atoms with E-state index in [0.717, 1.165) is 22.4 Å². The molecular formula is C22H25N3O3. The normalized spacial score (nSPS) is 13.0. The second-order valence-electron chi connectivity index (χ2n) is 6.79. The number of anilines is 1. The zero-order valence-electron chi connectivity index (χ0n) is 16.5. The van der Waals surface area contributed by atoms with Gasteiger partial charge in [-0.05, 0) is 32.4 Å². The quantitative estimate of drug-likeness (QED) is 0.639. The molecular weight excluding hydrogens is 354 g/mol. The van der Waals surface area contributed by atoms with E-state index in [9.17, 15) is 4.79 Å². The van der Waals surface area contributed by atoms with Crippen molar-refractivity contribution < 1.29 is 14.1 Å². The van der Waals surface area contributed by atoms with Gasteiger partial charge in [0.15, 0.2) is 5.82 Å². The Balaban J connectivity index is 1.87. The summed E-state index contributed by atoms with van der Waals surface area (Å²) in [6.07, 6.45) is 0. The maximum atomic E-state index is 13.0. The van der Waals surface area contributed by atoms with Crippen molar-refractivity contribution in [3.05, 3.63) is 77.0 Å². The minimum Gasteiger partial charge on any atom is -0.496 e. The van der Waals surface area contributed by atoms with Crippen molar-refractivity contribution >= 4 is 11.7 Å². The number of rotatable bonds is 7. The van der Waals surface area contributed by atoms with E-state index < -0.39 is 6.04 Å². The molecule has 3 aromatic rings. The van der Waals surface area contributed by atoms with Gasteiger partial charge in [0, 0.05) is 17.7 Å². The number of carbonyl (C=O) groups excluding carboxylic acids is 1. The first kappa shape index (κ1) is 19.6. The molecule has 1 aromatic heterocycles. The standard InChI is InChI=1S/C22H25N3O3/c1-14-10-11-19(27-4)18(12-14)16(3)23-21(17-8-6-5-7-9-17)22(26)24-20-13-15(2)28-25-20/h5-13,16,21,23H,1-4H3,(H,24,25,26). The van der Waals surface area contributed by atoms with Gasteiger partial charge in [-0.15, -0.1) is 0 Å². The lowest BCUT2D eigenvalue weighted by Crippen LogP contribution is -2.35. The van der Waals surface area contributed by atoms with Crippen LogP contribution in [0.25, 0.3) is 0 Å². The first-order chi connectivity index (χ1) is 13.5. The van der Waals surface area contributed by atoms with E-state index in [0.29, 0.717) is 11.6 Å². The minimum atomic E-state index is -0.571. The smallest absolute Gasteiger partial charge is 0.247 e. The molecule has 28 heavy (non-hydrogen) atoms. The lowest BCUT2D eigenvalue weighted by atomic mass is 10.0. The lowest BCUT2D eigenvalue weighted by molar-refractivity contribution is -0.118. The second kappa shape index (κ2) is 8.71. The molecule has 0 saturated carbocycles. The van der Waals surface area contributed by atoms with Crippen LogP contribution in [0.15, 0.2) is 59.1 Å². The monoisotopic (exact) mass is 379 g/mol. The number of methoxy groups -OCH3 is 1. The van der Waals surface area contributed by atoms with Crippen molar-refractivity contribution in [2.24, 2.45) is 0 Å². The van der Waals surface area contributed by atoms with Crippen molar-refractivity contribution in [3.8, 4) is 5.75 Å². The Labute approximate surface area is 164 Å². The number of ether oxygens (including phenoxy) is 1. The van der Waals surface area contributed by atoms with Gasteiger partial charge in [0.25, 0.3) is 0 Å². The summed E-state index contributed by atoms with van der Waals surface area (Å²) in [4.78, 5) is 13.0. The molecule has 2 aromatic carbocycles. The maximum absolute atomic E-state index is 13.0. The summed E-state index contributed by atoms with van der Waals surface area (Å²) < 4.78 is 10.5. The van der Waals surface area contributed by atoms with Crippen molar-refractivity contribution in [2.75, 3.05) is 12.4 Å². The second-order valence-corrected chi connectivity index (χ2v) is 6.79. The van der Waals surface area contributed by atoms with Gasteiger partial charge in [0.2, 0.25) is 5.91 Å². The molecule has 0 radical (unpaired) electrons. The first-order valence-corrected chi connectivity index (χ1v) is 9.17. The number of nitrogens with one attached hydrogen (secondary N) is 2. The molecule has 0 saturated heterocycles. The van der Waals surface area contributed by atoms with Gasteiger partial charge >= 0.3 is 0 Å². The molecule has 146 valence electrons. The zero-order valence-corrected chi connectivity index (χ0v) is 16.5. The van der Waals surface area contributed by atoms with Crippen LogP contribution in [0.3, 0.4) is 0 Å². The fourth-order valence-electron chi connectivity index (χ4n) is 3.12. The molecule has 2 unspecified atom stereocenters. The molecule has 6 heteroatoms. The van der Waals surface area contributed by atoms with Crippen LogP contribution in [-0.2, 0) is 4.79 Å². The van der Waals surface area contributed by atoms with Crippen LogP contribution in [0.2, 0.25) is 0 Å². The molecule has 1 heterocycles. The highest BCUT2D eigenvalue weighted by atomic mass is 16.5. The molecule has 2 N–H and O–H groups in total. The molecule has 0 bridgehead atoms. The fraction of sp³-hybridized carbons (Fsp3) is 0.273. The number of benzene rings is 2. The summed E-state index contributed by atoms with van der Waals surface area (Å²) in [6, 6.07) is 16.6. The Bertz CT molecular complexity index is 937. The number of nitrogens with zero attached hydrogens (tertiary/aromatic N) is 1. The van der Waals surface area contributed by atoms with Crippen molar-refractivity contribution in [1.29, 1.82) is 0 Å². The van der Waals surface area contributed by atoms with E-state index in [4.69, 9.17) is 9.26 Å². The van der Waals surface area contributed by atoms with E-state index in [2.05, 4.69) is 21.9 Å². The number of aryl methyl sites for hydroxylation is 2. The highest BCUT2D eigenvalue weighted by molar-refractivity contribution is 5.94. The topological polar surface area (TPSA) is 76.4 Å². The van der Waals surface area contributed by atoms with E-state index in [-0.39, 0.29) is 11.9 Å². The van der Waals surface area contributed by atoms with Crippen molar-refractivity contribution in [2.45, 2.75) is 32.9 Å². The van der Waals surface area contributed by atoms with Gasteiger partial charge < -0.3 is 14.6 Å². The van der Waals surface area contributed by atoms with Gasteiger partial charge in [-0.3, -0.25) is 10.1 Å². The molecule has 0 aliphatic carbocycles. The third kappa shape index (κ3) is 4.58. The van der Waals surface area contributed by atoms with Crippen LogP contribution in [0.4, 0.5) is 5.82 Å². The summed E-state index contributed by atoms with van der Waals surface area (Å²) in [6.45, 7) is 5.83. The van der Waals surface area contributed by atoms with Crippen LogP contribution in [0, 0.1) is 13.8 Å². The van der Waals surface area contributed by atoms with Gasteiger partial charge in [-0.25, -0.2) is 0 Å². The Hall–Kier alpha value is -3.12. The Morgan fingerprint density at radius 2 is 1.86 bits per heavy atom. The van der Waals surface area contributed by atoms with E-state index in [1.807, 2.05) is 56.3 Å². The van der Waals surface area contributed by atoms with E-state index >= 15 is 0 Å². The summed E-state index contributed by atoms with van der Waals surface area (Å²) in [7, 11) is 1.65. The minimum absolute atomic E-state index is 0.121. The SMILES string of the molecule is COc1ccc(C)cc1C(C)NC(C(=O)Nc1cc(C)on1)c1ccccc1. The summed E-state index contributed by atoms with van der Waals surface area (Å²) in [5.74, 6) is 1.60. The average molecular weight is 379 g/mol. The fourth-order valence-corrected chi connectivity index (χ4v) is 3.12. The molecule has 0 fully saturated rings. The van der Waals surface area contributed by atoms with Crippen LogP contribution < -0.4 is 15.4 Å². The van der Waals surface area contributed by atoms with Crippen LogP contribution >= 0.6 is 0 Å². The predicted molar refractivity (Wildman–Crippen MR) is 108 cm³/mol. The molecule has 0 aliphatic heterocycles. The predicted octanol–water partition coefficient (Wildman–Crippen LogP) is 4.33. The van der Waals surface area contributed by atoms with Crippen molar-refractivity contribution in [3.63, 3.8) is 0 Å². The molecule has 1 amide bonds. The number of hydrogen-bond donors (Lipinski definition) is 2. The Morgan fingerprint density at radius 1 is 1.11 bits per heavy atom. The molecule has 2 atom stereocenters. The van der Waals surface area contributed by atoms with Crippen LogP contribution in [0.1, 0.15) is 41.5 Å². The van der Waals surface area contributed by atoms with Crippen molar-refractivity contribution in [1.82, 2.24) is 10.5 Å². The number of carbonyl (C=O) groups is 1. The van der Waals surface area contributed by atoms with E-state index in [1.54, 1.807) is 20.1 Å².